The first-order chi connectivity index (χ1) is 10.3. The summed E-state index contributed by atoms with van der Waals surface area (Å²) in [7, 11) is 3.46. The highest BCUT2D eigenvalue weighted by Gasteiger charge is 2.21. The summed E-state index contributed by atoms with van der Waals surface area (Å²) in [5, 5.41) is 0. The maximum atomic E-state index is 5.41. The number of hydrogen-bond donors (Lipinski definition) is 0. The van der Waals surface area contributed by atoms with Gasteiger partial charge in [-0.3, -0.25) is 0 Å². The molecule has 0 aromatic rings. The molecule has 0 heterocycles. The molecule has 0 spiro atoms. The van der Waals surface area contributed by atoms with E-state index in [2.05, 4.69) is 27.7 Å². The average Bonchev–Trinajstić information content (AvgIpc) is 2.46. The van der Waals surface area contributed by atoms with Crippen molar-refractivity contribution in [3.63, 3.8) is 0 Å². The van der Waals surface area contributed by atoms with Crippen molar-refractivity contribution >= 4 is 0 Å². The van der Waals surface area contributed by atoms with Crippen molar-refractivity contribution in [2.24, 2.45) is 17.8 Å². The third-order valence-corrected chi connectivity index (χ3v) is 5.06. The lowest BCUT2D eigenvalue weighted by atomic mass is 9.91. The van der Waals surface area contributed by atoms with Gasteiger partial charge in [0, 0.05) is 20.6 Å². The smallest absolute Gasteiger partial charge is 0.164 e. The molecule has 0 aromatic carbocycles. The molecule has 2 nitrogen and oxygen atoms in total. The maximum absolute atomic E-state index is 5.41. The Kier molecular flexibility index (Phi) is 12.3. The number of hydrogen-bond acceptors (Lipinski definition) is 2. The van der Waals surface area contributed by atoms with Crippen LogP contribution in [0.2, 0.25) is 0 Å². The zero-order chi connectivity index (χ0) is 17.0. The average molecular weight is 315 g/mol. The highest BCUT2D eigenvalue weighted by molar-refractivity contribution is 4.64. The van der Waals surface area contributed by atoms with Crippen LogP contribution in [0, 0.1) is 17.8 Å². The molecule has 0 aliphatic heterocycles. The van der Waals surface area contributed by atoms with Gasteiger partial charge in [0.25, 0.3) is 0 Å². The van der Waals surface area contributed by atoms with E-state index in [9.17, 15) is 0 Å². The van der Waals surface area contributed by atoms with Crippen LogP contribution in [0.15, 0.2) is 0 Å². The molecular formula is C20H42O2. The molecule has 2 atom stereocenters. The predicted molar refractivity (Wildman–Crippen MR) is 97.1 cm³/mol. The fraction of sp³-hybridized carbons (Fsp3) is 1.00. The Morgan fingerprint density at radius 1 is 0.682 bits per heavy atom. The van der Waals surface area contributed by atoms with E-state index < -0.39 is 5.79 Å². The van der Waals surface area contributed by atoms with E-state index in [0.29, 0.717) is 0 Å². The van der Waals surface area contributed by atoms with Gasteiger partial charge < -0.3 is 9.47 Å². The normalized spacial score (nSPS) is 15.3. The Morgan fingerprint density at radius 3 is 1.50 bits per heavy atom. The standard InChI is InChI=1S/C20H42O2/c1-17(2)11-8-12-18(3)13-9-14-19(4)15-10-16-20(5,21-6)22-7/h17-19H,8-16H2,1-7H3. The van der Waals surface area contributed by atoms with Crippen LogP contribution < -0.4 is 0 Å². The molecule has 0 fully saturated rings. The van der Waals surface area contributed by atoms with Crippen molar-refractivity contribution in [1.29, 1.82) is 0 Å². The molecular weight excluding hydrogens is 272 g/mol. The summed E-state index contributed by atoms with van der Waals surface area (Å²) in [6, 6.07) is 0. The van der Waals surface area contributed by atoms with Crippen LogP contribution in [0.1, 0.15) is 92.4 Å². The Bertz CT molecular complexity index is 246. The lowest BCUT2D eigenvalue weighted by Gasteiger charge is -2.26. The minimum atomic E-state index is -0.398. The molecule has 0 rings (SSSR count). The van der Waals surface area contributed by atoms with E-state index in [1.54, 1.807) is 14.2 Å². The summed E-state index contributed by atoms with van der Waals surface area (Å²) in [5.74, 6) is 2.18. The van der Waals surface area contributed by atoms with Crippen molar-refractivity contribution in [3.05, 3.63) is 0 Å². The van der Waals surface area contributed by atoms with E-state index in [1.807, 2.05) is 6.92 Å². The van der Waals surface area contributed by atoms with Gasteiger partial charge in [-0.15, -0.1) is 0 Å². The van der Waals surface area contributed by atoms with Crippen LogP contribution >= 0.6 is 0 Å². The van der Waals surface area contributed by atoms with Gasteiger partial charge in [-0.2, -0.15) is 0 Å². The Labute approximate surface area is 140 Å². The lowest BCUT2D eigenvalue weighted by Crippen LogP contribution is -2.29. The van der Waals surface area contributed by atoms with Crippen LogP contribution in [0.25, 0.3) is 0 Å². The Balaban J connectivity index is 3.62. The summed E-state index contributed by atoms with van der Waals surface area (Å²) in [6.45, 7) is 11.5. The fourth-order valence-corrected chi connectivity index (χ4v) is 3.04. The van der Waals surface area contributed by atoms with Crippen molar-refractivity contribution in [2.75, 3.05) is 14.2 Å². The molecule has 0 aliphatic carbocycles. The molecule has 2 unspecified atom stereocenters. The first-order valence-electron chi connectivity index (χ1n) is 9.43. The minimum absolute atomic E-state index is 0.398. The molecule has 0 radical (unpaired) electrons. The predicted octanol–water partition coefficient (Wildman–Crippen LogP) is 6.43. The van der Waals surface area contributed by atoms with Gasteiger partial charge >= 0.3 is 0 Å². The Morgan fingerprint density at radius 2 is 1.09 bits per heavy atom. The van der Waals surface area contributed by atoms with Gasteiger partial charge in [-0.25, -0.2) is 0 Å². The molecule has 22 heavy (non-hydrogen) atoms. The minimum Gasteiger partial charge on any atom is -0.353 e. The second-order valence-electron chi connectivity index (χ2n) is 7.90. The van der Waals surface area contributed by atoms with E-state index >= 15 is 0 Å². The van der Waals surface area contributed by atoms with E-state index in [0.717, 1.165) is 24.2 Å². The second-order valence-corrected chi connectivity index (χ2v) is 7.90. The molecule has 0 N–H and O–H groups in total. The van der Waals surface area contributed by atoms with E-state index in [1.165, 1.54) is 51.4 Å². The first kappa shape index (κ1) is 21.9. The van der Waals surface area contributed by atoms with Gasteiger partial charge in [0.1, 0.15) is 0 Å². The zero-order valence-electron chi connectivity index (χ0n) is 16.4. The Hall–Kier alpha value is -0.0800. The summed E-state index contributed by atoms with van der Waals surface area (Å²) in [5.41, 5.74) is 0. The third-order valence-electron chi connectivity index (χ3n) is 5.06. The molecule has 0 aliphatic rings. The maximum Gasteiger partial charge on any atom is 0.164 e. The van der Waals surface area contributed by atoms with Gasteiger partial charge in [-0.1, -0.05) is 72.6 Å². The van der Waals surface area contributed by atoms with E-state index in [-0.39, 0.29) is 0 Å². The van der Waals surface area contributed by atoms with E-state index in [4.69, 9.17) is 9.47 Å². The highest BCUT2D eigenvalue weighted by Crippen LogP contribution is 2.24. The molecule has 0 saturated carbocycles. The van der Waals surface area contributed by atoms with Crippen molar-refractivity contribution in [2.45, 2.75) is 98.2 Å². The van der Waals surface area contributed by atoms with Crippen LogP contribution in [0.4, 0.5) is 0 Å². The van der Waals surface area contributed by atoms with Gasteiger partial charge in [0.15, 0.2) is 5.79 Å². The third kappa shape index (κ3) is 11.5. The number of rotatable bonds is 14. The molecule has 2 heteroatoms. The molecule has 0 bridgehead atoms. The summed E-state index contributed by atoms with van der Waals surface area (Å²) < 4.78 is 10.8. The van der Waals surface area contributed by atoms with Crippen LogP contribution in [-0.4, -0.2) is 20.0 Å². The fourth-order valence-electron chi connectivity index (χ4n) is 3.04. The van der Waals surface area contributed by atoms with Crippen LogP contribution in [0.5, 0.6) is 0 Å². The monoisotopic (exact) mass is 314 g/mol. The molecule has 0 aromatic heterocycles. The van der Waals surface area contributed by atoms with Gasteiger partial charge in [0.05, 0.1) is 0 Å². The zero-order valence-corrected chi connectivity index (χ0v) is 16.4. The highest BCUT2D eigenvalue weighted by atomic mass is 16.7. The van der Waals surface area contributed by atoms with Gasteiger partial charge in [-0.05, 0) is 31.1 Å². The summed E-state index contributed by atoms with van der Waals surface area (Å²) in [4.78, 5) is 0. The van der Waals surface area contributed by atoms with Crippen molar-refractivity contribution < 1.29 is 9.47 Å². The molecule has 0 amide bonds. The first-order valence-corrected chi connectivity index (χ1v) is 9.43. The van der Waals surface area contributed by atoms with Crippen molar-refractivity contribution in [1.82, 2.24) is 0 Å². The van der Waals surface area contributed by atoms with Crippen LogP contribution in [0.3, 0.4) is 0 Å². The summed E-state index contributed by atoms with van der Waals surface area (Å²) >= 11 is 0. The van der Waals surface area contributed by atoms with Crippen molar-refractivity contribution in [3.8, 4) is 0 Å². The van der Waals surface area contributed by atoms with Crippen LogP contribution in [-0.2, 0) is 9.47 Å². The topological polar surface area (TPSA) is 18.5 Å². The lowest BCUT2D eigenvalue weighted by molar-refractivity contribution is -0.198. The number of methoxy groups -OCH3 is 2. The summed E-state index contributed by atoms with van der Waals surface area (Å²) in [6.07, 6.45) is 11.8. The molecule has 134 valence electrons. The SMILES string of the molecule is COC(C)(CCCC(C)CCCC(C)CCCC(C)C)OC. The molecule has 0 saturated heterocycles. The quantitative estimate of drug-likeness (QED) is 0.344. The van der Waals surface area contributed by atoms with Gasteiger partial charge in [0.2, 0.25) is 0 Å². The second kappa shape index (κ2) is 12.4. The largest absolute Gasteiger partial charge is 0.353 e. The number of ether oxygens (including phenoxy) is 2.